The molecule has 2 amide bonds. The number of aliphatic hydroxyl groups excluding tert-OH is 1. The Bertz CT molecular complexity index is 2180. The number of carbonyl (C=O) groups excluding carboxylic acids is 3. The van der Waals surface area contributed by atoms with Crippen LogP contribution >= 0.6 is 0 Å². The molecule has 0 saturated heterocycles. The maximum absolute atomic E-state index is 14.1. The van der Waals surface area contributed by atoms with Crippen molar-refractivity contribution in [2.45, 2.75) is 25.2 Å². The standard InChI is InChI=1S/C34H32N6O6/c1-33(15-45-31(43)35-3)37-21-9-5-7-17-11-13-19(27(39-33)23(17)21)25-29(41)26(30(25)42)20-14-12-18-8-6-10-22-24(18)28(20)40-34(2,38-22)16-46-32(44)36-4/h5-14,37-39,41H,15-16H2,1-4H3,(H,35,43)(H,36,44). The topological polar surface area (TPSA) is 162 Å². The molecule has 234 valence electrons. The first-order valence-corrected chi connectivity index (χ1v) is 14.8. The number of hydrogen-bond donors (Lipinski definition) is 6. The summed E-state index contributed by atoms with van der Waals surface area (Å²) in [4.78, 5) is 42.8. The van der Waals surface area contributed by atoms with Crippen LogP contribution in [0.2, 0.25) is 0 Å². The van der Waals surface area contributed by atoms with Crippen molar-refractivity contribution in [3.63, 3.8) is 0 Å². The molecule has 0 bridgehead atoms. The number of carbonyl (C=O) groups is 3. The molecule has 46 heavy (non-hydrogen) atoms. The van der Waals surface area contributed by atoms with E-state index in [4.69, 9.17) is 14.5 Å². The van der Waals surface area contributed by atoms with E-state index in [1.165, 1.54) is 14.1 Å². The number of ether oxygens (including phenoxy) is 2. The number of amides is 2. The number of benzene rings is 4. The van der Waals surface area contributed by atoms with Crippen LogP contribution in [0.1, 0.15) is 19.4 Å². The molecule has 6 N–H and O–H groups in total. The first-order chi connectivity index (χ1) is 22.0. The summed E-state index contributed by atoms with van der Waals surface area (Å²) in [5, 5.41) is 31.2. The van der Waals surface area contributed by atoms with Crippen molar-refractivity contribution < 1.29 is 29.0 Å². The molecule has 0 fully saturated rings. The van der Waals surface area contributed by atoms with Crippen molar-refractivity contribution in [1.82, 2.24) is 10.6 Å². The molecule has 0 saturated carbocycles. The van der Waals surface area contributed by atoms with Gasteiger partial charge < -0.3 is 41.2 Å². The first kappa shape index (κ1) is 29.0. The lowest BCUT2D eigenvalue weighted by Gasteiger charge is -2.39. The zero-order valence-electron chi connectivity index (χ0n) is 25.6. The number of aliphatic hydroxyl groups is 1. The van der Waals surface area contributed by atoms with Crippen LogP contribution in [0.3, 0.4) is 0 Å². The largest absolute Gasteiger partial charge is 0.506 e. The van der Waals surface area contributed by atoms with Gasteiger partial charge in [0.1, 0.15) is 24.6 Å². The average molecular weight is 621 g/mol. The third-order valence-electron chi connectivity index (χ3n) is 8.49. The molecule has 0 aromatic heterocycles. The normalized spacial score (nSPS) is 22.1. The van der Waals surface area contributed by atoms with Gasteiger partial charge in [0, 0.05) is 47.0 Å². The molecule has 1 aliphatic carbocycles. The number of rotatable bonds is 5. The van der Waals surface area contributed by atoms with E-state index in [0.29, 0.717) is 21.8 Å². The fourth-order valence-corrected chi connectivity index (χ4v) is 6.38. The van der Waals surface area contributed by atoms with Gasteiger partial charge >= 0.3 is 12.2 Å². The van der Waals surface area contributed by atoms with Crippen molar-refractivity contribution in [3.8, 4) is 0 Å². The smallest absolute Gasteiger partial charge is 0.407 e. The lowest BCUT2D eigenvalue weighted by molar-refractivity contribution is -0.109. The number of hydrogen-bond acceptors (Lipinski definition) is 10. The van der Waals surface area contributed by atoms with Crippen LogP contribution in [0, 0.1) is 0 Å². The predicted molar refractivity (Wildman–Crippen MR) is 175 cm³/mol. The van der Waals surface area contributed by atoms with E-state index < -0.39 is 23.5 Å². The van der Waals surface area contributed by atoms with E-state index in [-0.39, 0.29) is 35.9 Å². The van der Waals surface area contributed by atoms with Crippen molar-refractivity contribution >= 4 is 67.7 Å². The van der Waals surface area contributed by atoms with Crippen LogP contribution in [0.5, 0.6) is 0 Å². The number of nitrogens with one attached hydrogen (secondary N) is 5. The molecule has 2 aliphatic heterocycles. The molecule has 0 radical (unpaired) electrons. The Balaban J connectivity index is 1.39. The summed E-state index contributed by atoms with van der Waals surface area (Å²) in [5.41, 5.74) is 1.11. The number of allylic oxidation sites excluding steroid dienone is 2. The molecule has 12 heteroatoms. The van der Waals surface area contributed by atoms with Crippen LogP contribution in [0.25, 0.3) is 32.7 Å². The van der Waals surface area contributed by atoms with Gasteiger partial charge in [0.05, 0.1) is 22.2 Å². The minimum Gasteiger partial charge on any atom is -0.506 e. The van der Waals surface area contributed by atoms with Crippen molar-refractivity contribution in [1.29, 1.82) is 0 Å². The molecular weight excluding hydrogens is 588 g/mol. The van der Waals surface area contributed by atoms with Crippen LogP contribution in [0.15, 0.2) is 71.4 Å². The third kappa shape index (κ3) is 4.52. The molecule has 2 unspecified atom stereocenters. The van der Waals surface area contributed by atoms with Gasteiger partial charge in [-0.25, -0.2) is 9.59 Å². The maximum atomic E-state index is 14.1. The Morgan fingerprint density at radius 2 is 1.43 bits per heavy atom. The second kappa shape index (κ2) is 10.4. The molecule has 2 heterocycles. The zero-order chi connectivity index (χ0) is 32.4. The summed E-state index contributed by atoms with van der Waals surface area (Å²) >= 11 is 0. The van der Waals surface area contributed by atoms with Gasteiger partial charge in [0.15, 0.2) is 5.66 Å². The van der Waals surface area contributed by atoms with Crippen LogP contribution in [0.4, 0.5) is 26.7 Å². The van der Waals surface area contributed by atoms with E-state index in [1.54, 1.807) is 13.0 Å². The molecule has 4 aromatic rings. The maximum Gasteiger partial charge on any atom is 0.407 e. The van der Waals surface area contributed by atoms with Crippen LogP contribution in [-0.4, -0.2) is 61.7 Å². The van der Waals surface area contributed by atoms with Crippen molar-refractivity contribution in [2.24, 2.45) is 4.99 Å². The lowest BCUT2D eigenvalue weighted by atomic mass is 9.80. The van der Waals surface area contributed by atoms with Gasteiger partial charge in [-0.3, -0.25) is 9.79 Å². The summed E-state index contributed by atoms with van der Waals surface area (Å²) in [6.07, 6.45) is -1.16. The Morgan fingerprint density at radius 1 is 0.804 bits per heavy atom. The minimum absolute atomic E-state index is 0.0199. The zero-order valence-corrected chi connectivity index (χ0v) is 25.6. The molecule has 12 nitrogen and oxygen atoms in total. The highest BCUT2D eigenvalue weighted by Crippen LogP contribution is 2.46. The summed E-state index contributed by atoms with van der Waals surface area (Å²) in [6.45, 7) is 3.55. The monoisotopic (exact) mass is 620 g/mol. The molecule has 3 aliphatic rings. The second-order valence-corrected chi connectivity index (χ2v) is 11.9. The Labute approximate surface area is 263 Å². The van der Waals surface area contributed by atoms with E-state index in [9.17, 15) is 19.5 Å². The Kier molecular flexibility index (Phi) is 6.55. The SMILES string of the molecule is CNC(=O)OCC1(C)N=c2c(=C3C(=O)C(c4ccc5cccc6c5c4NC(C)(COC(=O)NC)N6)=C3O)ccc3cccc(c23)N1. The van der Waals surface area contributed by atoms with Gasteiger partial charge in [-0.2, -0.15) is 0 Å². The van der Waals surface area contributed by atoms with E-state index in [1.807, 2.05) is 61.5 Å². The number of Topliss-reactive ketones (excluding diaryl/α,β-unsaturated/α-hetero) is 1. The van der Waals surface area contributed by atoms with E-state index in [2.05, 4.69) is 26.6 Å². The van der Waals surface area contributed by atoms with E-state index >= 15 is 0 Å². The highest BCUT2D eigenvalue weighted by molar-refractivity contribution is 6.52. The highest BCUT2D eigenvalue weighted by atomic mass is 16.6. The summed E-state index contributed by atoms with van der Waals surface area (Å²) in [5.74, 6) is -0.480. The number of ketones is 1. The molecule has 0 spiro atoms. The van der Waals surface area contributed by atoms with Crippen molar-refractivity contribution in [3.05, 3.63) is 82.6 Å². The predicted octanol–water partition coefficient (Wildman–Crippen LogP) is 3.72. The minimum atomic E-state index is -1.03. The Morgan fingerprint density at radius 3 is 2.11 bits per heavy atom. The summed E-state index contributed by atoms with van der Waals surface area (Å²) in [7, 11) is 2.96. The fraction of sp³-hybridized carbons (Fsp3) is 0.235. The second-order valence-electron chi connectivity index (χ2n) is 11.9. The third-order valence-corrected chi connectivity index (χ3v) is 8.49. The van der Waals surface area contributed by atoms with Crippen LogP contribution < -0.4 is 37.2 Å². The molecular formula is C34H32N6O6. The van der Waals surface area contributed by atoms with Crippen molar-refractivity contribution in [2.75, 3.05) is 43.3 Å². The summed E-state index contributed by atoms with van der Waals surface area (Å²) in [6, 6.07) is 18.9. The molecule has 2 atom stereocenters. The lowest BCUT2D eigenvalue weighted by Crippen LogP contribution is -2.50. The number of alkyl carbamates (subject to hydrolysis) is 2. The van der Waals surface area contributed by atoms with Crippen LogP contribution in [-0.2, 0) is 14.3 Å². The summed E-state index contributed by atoms with van der Waals surface area (Å²) < 4.78 is 10.7. The number of anilines is 3. The number of nitrogens with zero attached hydrogens (tertiary/aromatic N) is 1. The van der Waals surface area contributed by atoms with Gasteiger partial charge in [-0.1, -0.05) is 48.5 Å². The quantitative estimate of drug-likeness (QED) is 0.195. The highest BCUT2D eigenvalue weighted by Gasteiger charge is 2.40. The van der Waals surface area contributed by atoms with Gasteiger partial charge in [0.2, 0.25) is 5.78 Å². The molecule has 4 aromatic carbocycles. The Hall–Kier alpha value is -5.78. The average Bonchev–Trinajstić information content (AvgIpc) is 3.05. The fourth-order valence-electron chi connectivity index (χ4n) is 6.38. The van der Waals surface area contributed by atoms with E-state index in [0.717, 1.165) is 32.9 Å². The van der Waals surface area contributed by atoms with Gasteiger partial charge in [-0.15, -0.1) is 0 Å². The van der Waals surface area contributed by atoms with Gasteiger partial charge in [-0.05, 0) is 36.8 Å². The first-order valence-electron chi connectivity index (χ1n) is 14.8. The van der Waals surface area contributed by atoms with Gasteiger partial charge in [0.25, 0.3) is 0 Å². The molecule has 7 rings (SSSR count).